The number of tetrazole rings is 1. The molecule has 0 spiro atoms. The highest BCUT2D eigenvalue weighted by atomic mass is 35.5. The predicted octanol–water partition coefficient (Wildman–Crippen LogP) is 0.832. The van der Waals surface area contributed by atoms with E-state index in [1.165, 1.54) is 11.1 Å². The molecular weight excluding hydrogens is 344 g/mol. The fraction of sp³-hybridized carbons (Fsp3) is 0.0952. The Kier molecular flexibility index (Phi) is 5.14. The highest BCUT2D eigenvalue weighted by Crippen LogP contribution is 2.16. The summed E-state index contributed by atoms with van der Waals surface area (Å²) in [5, 5.41) is 9.50. The molecule has 0 aliphatic heterocycles. The molecular formula is C21H19ClN4. The van der Waals surface area contributed by atoms with Gasteiger partial charge in [0.15, 0.2) is 5.69 Å². The Morgan fingerprint density at radius 1 is 0.731 bits per heavy atom. The second kappa shape index (κ2) is 7.50. The van der Waals surface area contributed by atoms with E-state index in [-0.39, 0.29) is 12.4 Å². The van der Waals surface area contributed by atoms with Crippen LogP contribution < -0.4 is 17.2 Å². The summed E-state index contributed by atoms with van der Waals surface area (Å²) in [6.07, 6.45) is 0. The van der Waals surface area contributed by atoms with Crippen LogP contribution in [0.3, 0.4) is 0 Å². The summed E-state index contributed by atoms with van der Waals surface area (Å²) in [6, 6.07) is 26.6. The van der Waals surface area contributed by atoms with Crippen molar-refractivity contribution in [2.45, 2.75) is 13.8 Å². The van der Waals surface area contributed by atoms with E-state index >= 15 is 0 Å². The zero-order valence-corrected chi connectivity index (χ0v) is 15.4. The van der Waals surface area contributed by atoms with E-state index in [9.17, 15) is 0 Å². The summed E-state index contributed by atoms with van der Waals surface area (Å²) in [5.74, 6) is 0.699. The Balaban J connectivity index is 0.00000196. The largest absolute Gasteiger partial charge is 1.00 e. The first kappa shape index (κ1) is 17.8. The van der Waals surface area contributed by atoms with Crippen molar-refractivity contribution in [3.8, 4) is 22.8 Å². The molecule has 0 N–H and O–H groups in total. The average Bonchev–Trinajstić information content (AvgIpc) is 3.09. The third-order valence-electron chi connectivity index (χ3n) is 4.12. The minimum atomic E-state index is 0. The van der Waals surface area contributed by atoms with E-state index in [1.54, 1.807) is 0 Å². The molecule has 0 bridgehead atoms. The Morgan fingerprint density at radius 3 is 1.92 bits per heavy atom. The lowest BCUT2D eigenvalue weighted by molar-refractivity contribution is -0.734. The summed E-state index contributed by atoms with van der Waals surface area (Å²) < 4.78 is 0. The number of aromatic nitrogens is 4. The molecule has 0 aliphatic rings. The van der Waals surface area contributed by atoms with Gasteiger partial charge in [0, 0.05) is 4.80 Å². The molecule has 4 nitrogen and oxygen atoms in total. The molecule has 0 saturated carbocycles. The molecule has 1 heterocycles. The molecule has 0 fully saturated rings. The maximum absolute atomic E-state index is 4.75. The maximum Gasteiger partial charge on any atom is 0.340 e. The smallest absolute Gasteiger partial charge is 0.340 e. The van der Waals surface area contributed by atoms with Gasteiger partial charge in [-0.15, -0.1) is 0 Å². The second-order valence-electron chi connectivity index (χ2n) is 6.14. The molecule has 130 valence electrons. The number of benzene rings is 3. The normalized spacial score (nSPS) is 10.4. The van der Waals surface area contributed by atoms with Gasteiger partial charge in [-0.1, -0.05) is 53.6 Å². The first-order valence-corrected chi connectivity index (χ1v) is 8.30. The SMILES string of the molecule is Cc1ccc(-c2nn(-c3ccccc3)[n+](-c3ccc(C)cc3)n2)cc1.[Cl-]. The van der Waals surface area contributed by atoms with Crippen LogP contribution in [-0.2, 0) is 0 Å². The number of para-hydroxylation sites is 1. The maximum atomic E-state index is 4.75. The average molecular weight is 363 g/mol. The van der Waals surface area contributed by atoms with Gasteiger partial charge in [0.25, 0.3) is 0 Å². The predicted molar refractivity (Wildman–Crippen MR) is 97.8 cm³/mol. The molecule has 0 unspecified atom stereocenters. The van der Waals surface area contributed by atoms with E-state index in [1.807, 2.05) is 39.9 Å². The quantitative estimate of drug-likeness (QED) is 0.506. The van der Waals surface area contributed by atoms with Crippen molar-refractivity contribution in [2.24, 2.45) is 0 Å². The summed E-state index contributed by atoms with van der Waals surface area (Å²) in [7, 11) is 0. The fourth-order valence-corrected chi connectivity index (χ4v) is 2.68. The first-order valence-electron chi connectivity index (χ1n) is 8.30. The Labute approximate surface area is 159 Å². The minimum absolute atomic E-state index is 0. The Hall–Kier alpha value is -2.98. The molecule has 0 saturated heterocycles. The van der Waals surface area contributed by atoms with Crippen molar-refractivity contribution < 1.29 is 17.2 Å². The van der Waals surface area contributed by atoms with E-state index < -0.39 is 0 Å². The van der Waals surface area contributed by atoms with Gasteiger partial charge in [0.05, 0.1) is 10.7 Å². The Morgan fingerprint density at radius 2 is 1.31 bits per heavy atom. The fourth-order valence-electron chi connectivity index (χ4n) is 2.68. The zero-order chi connectivity index (χ0) is 17.2. The van der Waals surface area contributed by atoms with E-state index in [0.29, 0.717) is 5.82 Å². The summed E-state index contributed by atoms with van der Waals surface area (Å²) in [6.45, 7) is 4.15. The zero-order valence-electron chi connectivity index (χ0n) is 14.7. The standard InChI is InChI=1S/C21H19N4.ClH/c1-16-8-12-18(13-9-16)21-22-24(19-6-4-3-5-7-19)25(23-21)20-14-10-17(2)11-15-20;/h3-15H,1-2H3;1H/q+1;/p-1. The van der Waals surface area contributed by atoms with Crippen molar-refractivity contribution in [1.82, 2.24) is 15.0 Å². The van der Waals surface area contributed by atoms with Gasteiger partial charge in [0.1, 0.15) is 5.69 Å². The lowest BCUT2D eigenvalue weighted by Crippen LogP contribution is -3.00. The highest BCUT2D eigenvalue weighted by Gasteiger charge is 2.23. The van der Waals surface area contributed by atoms with Crippen LogP contribution in [-0.4, -0.2) is 15.0 Å². The molecule has 3 aromatic carbocycles. The molecule has 4 aromatic rings. The van der Waals surface area contributed by atoms with Crippen molar-refractivity contribution in [1.29, 1.82) is 0 Å². The summed E-state index contributed by atoms with van der Waals surface area (Å²) >= 11 is 0. The third-order valence-corrected chi connectivity index (χ3v) is 4.12. The van der Waals surface area contributed by atoms with Gasteiger partial charge >= 0.3 is 5.82 Å². The number of aryl methyl sites for hydroxylation is 2. The van der Waals surface area contributed by atoms with Crippen molar-refractivity contribution in [2.75, 3.05) is 0 Å². The van der Waals surface area contributed by atoms with Crippen molar-refractivity contribution in [3.63, 3.8) is 0 Å². The third kappa shape index (κ3) is 3.51. The first-order chi connectivity index (χ1) is 12.2. The summed E-state index contributed by atoms with van der Waals surface area (Å²) in [4.78, 5) is 3.67. The molecule has 26 heavy (non-hydrogen) atoms. The molecule has 0 aliphatic carbocycles. The second-order valence-corrected chi connectivity index (χ2v) is 6.14. The van der Waals surface area contributed by atoms with Crippen LogP contribution in [0.25, 0.3) is 22.8 Å². The molecule has 1 aromatic heterocycles. The van der Waals surface area contributed by atoms with Crippen LogP contribution in [0.2, 0.25) is 0 Å². The molecule has 0 atom stereocenters. The van der Waals surface area contributed by atoms with Crippen LogP contribution in [0.1, 0.15) is 11.1 Å². The van der Waals surface area contributed by atoms with Crippen molar-refractivity contribution in [3.05, 3.63) is 90.0 Å². The number of hydrogen-bond donors (Lipinski definition) is 0. The molecule has 0 amide bonds. The molecule has 5 heteroatoms. The van der Waals surface area contributed by atoms with E-state index in [2.05, 4.69) is 62.4 Å². The molecule has 0 radical (unpaired) electrons. The van der Waals surface area contributed by atoms with Crippen LogP contribution >= 0.6 is 0 Å². The van der Waals surface area contributed by atoms with Crippen LogP contribution in [0.15, 0.2) is 78.9 Å². The van der Waals surface area contributed by atoms with Gasteiger partial charge in [-0.3, -0.25) is 0 Å². The van der Waals surface area contributed by atoms with Crippen LogP contribution in [0.4, 0.5) is 0 Å². The highest BCUT2D eigenvalue weighted by molar-refractivity contribution is 5.54. The van der Waals surface area contributed by atoms with Gasteiger partial charge in [-0.05, 0) is 60.1 Å². The number of nitrogens with zero attached hydrogens (tertiary/aromatic N) is 4. The number of rotatable bonds is 3. The lowest BCUT2D eigenvalue weighted by atomic mass is 10.1. The van der Waals surface area contributed by atoms with Crippen LogP contribution in [0, 0.1) is 13.8 Å². The van der Waals surface area contributed by atoms with Gasteiger partial charge in [-0.2, -0.15) is 0 Å². The van der Waals surface area contributed by atoms with E-state index in [4.69, 9.17) is 10.2 Å². The minimum Gasteiger partial charge on any atom is -1.00 e. The van der Waals surface area contributed by atoms with Crippen LogP contribution in [0.5, 0.6) is 0 Å². The Bertz CT molecular complexity index is 991. The van der Waals surface area contributed by atoms with E-state index in [0.717, 1.165) is 16.9 Å². The van der Waals surface area contributed by atoms with Gasteiger partial charge in [-0.25, -0.2) is 0 Å². The number of hydrogen-bond acceptors (Lipinski definition) is 2. The number of halogens is 1. The summed E-state index contributed by atoms with van der Waals surface area (Å²) in [5.41, 5.74) is 5.38. The lowest BCUT2D eigenvalue weighted by Gasteiger charge is -1.99. The monoisotopic (exact) mass is 362 g/mol. The van der Waals surface area contributed by atoms with Gasteiger partial charge < -0.3 is 12.4 Å². The van der Waals surface area contributed by atoms with Gasteiger partial charge in [0.2, 0.25) is 0 Å². The van der Waals surface area contributed by atoms with Crippen molar-refractivity contribution >= 4 is 0 Å². The molecule has 4 rings (SSSR count). The topological polar surface area (TPSA) is 34.6 Å².